The van der Waals surface area contributed by atoms with Crippen LogP contribution in [0.15, 0.2) is 60.7 Å². The molecule has 0 aliphatic carbocycles. The molecule has 2 heteroatoms. The highest BCUT2D eigenvalue weighted by Gasteiger charge is 2.28. The summed E-state index contributed by atoms with van der Waals surface area (Å²) in [6.45, 7) is 1.69. The van der Waals surface area contributed by atoms with Crippen molar-refractivity contribution in [3.05, 3.63) is 71.8 Å². The van der Waals surface area contributed by atoms with Gasteiger partial charge in [0.1, 0.15) is 0 Å². The molecule has 0 radical (unpaired) electrons. The summed E-state index contributed by atoms with van der Waals surface area (Å²) in [5.74, 6) is 0.865. The zero-order valence-corrected chi connectivity index (χ0v) is 13.7. The van der Waals surface area contributed by atoms with E-state index in [1.807, 2.05) is 23.1 Å². The van der Waals surface area contributed by atoms with Gasteiger partial charge in [0.2, 0.25) is 5.91 Å². The molecule has 2 aromatic carbocycles. The standard InChI is InChI=1S/C21H25NO/c23-21-15-20(14-8-7-11-18-9-3-1-4-10-18)17-22(21)16-19-12-5-2-6-13-19/h1-6,9-10,12-13,20H,7-8,11,14-17H2. The van der Waals surface area contributed by atoms with Crippen LogP contribution < -0.4 is 0 Å². The van der Waals surface area contributed by atoms with E-state index in [9.17, 15) is 4.79 Å². The molecule has 1 atom stereocenters. The van der Waals surface area contributed by atoms with Crippen molar-refractivity contribution in [1.29, 1.82) is 0 Å². The largest absolute Gasteiger partial charge is 0.338 e. The number of amides is 1. The molecule has 0 aromatic heterocycles. The third kappa shape index (κ3) is 4.69. The van der Waals surface area contributed by atoms with Crippen LogP contribution in [0.2, 0.25) is 0 Å². The number of hydrogen-bond acceptors (Lipinski definition) is 1. The first kappa shape index (κ1) is 15.8. The minimum Gasteiger partial charge on any atom is -0.338 e. The highest BCUT2D eigenvalue weighted by atomic mass is 16.2. The van der Waals surface area contributed by atoms with Crippen LogP contribution >= 0.6 is 0 Å². The molecule has 0 N–H and O–H groups in total. The van der Waals surface area contributed by atoms with Crippen molar-refractivity contribution in [3.8, 4) is 0 Å². The molecule has 2 aromatic rings. The number of carbonyl (C=O) groups excluding carboxylic acids is 1. The van der Waals surface area contributed by atoms with Gasteiger partial charge in [-0.05, 0) is 36.3 Å². The number of aryl methyl sites for hydroxylation is 1. The van der Waals surface area contributed by atoms with Crippen molar-refractivity contribution in [1.82, 2.24) is 4.90 Å². The number of likely N-dealkylation sites (tertiary alicyclic amines) is 1. The van der Waals surface area contributed by atoms with Gasteiger partial charge in [0, 0.05) is 19.5 Å². The molecule has 23 heavy (non-hydrogen) atoms. The second kappa shape index (κ2) is 7.96. The SMILES string of the molecule is O=C1CC(CCCCc2ccccc2)CN1Cc1ccccc1. The Kier molecular flexibility index (Phi) is 5.46. The molecule has 1 heterocycles. The second-order valence-corrected chi connectivity index (χ2v) is 6.56. The van der Waals surface area contributed by atoms with Crippen LogP contribution in [0.5, 0.6) is 0 Å². The van der Waals surface area contributed by atoms with E-state index in [0.717, 1.165) is 25.9 Å². The summed E-state index contributed by atoms with van der Waals surface area (Å²) in [6, 6.07) is 21.0. The molecule has 1 unspecified atom stereocenters. The molecule has 1 saturated heterocycles. The monoisotopic (exact) mass is 307 g/mol. The Morgan fingerprint density at radius 2 is 1.52 bits per heavy atom. The van der Waals surface area contributed by atoms with Crippen LogP contribution in [0.25, 0.3) is 0 Å². The number of hydrogen-bond donors (Lipinski definition) is 0. The predicted molar refractivity (Wildman–Crippen MR) is 94.0 cm³/mol. The first-order valence-electron chi connectivity index (χ1n) is 8.67. The summed E-state index contributed by atoms with van der Waals surface area (Å²) in [7, 11) is 0. The zero-order chi connectivity index (χ0) is 15.9. The first-order valence-corrected chi connectivity index (χ1v) is 8.67. The van der Waals surface area contributed by atoms with Gasteiger partial charge in [-0.1, -0.05) is 67.1 Å². The smallest absolute Gasteiger partial charge is 0.223 e. The lowest BCUT2D eigenvalue weighted by Gasteiger charge is -2.16. The molecule has 0 spiro atoms. The third-order valence-corrected chi connectivity index (χ3v) is 4.68. The van der Waals surface area contributed by atoms with Gasteiger partial charge < -0.3 is 4.90 Å². The number of nitrogens with zero attached hydrogens (tertiary/aromatic N) is 1. The Labute approximate surface area is 139 Å². The molecular formula is C21H25NO. The summed E-state index contributed by atoms with van der Waals surface area (Å²) in [4.78, 5) is 14.2. The lowest BCUT2D eigenvalue weighted by atomic mass is 9.99. The van der Waals surface area contributed by atoms with E-state index in [1.54, 1.807) is 0 Å². The Bertz CT molecular complexity index is 608. The Morgan fingerprint density at radius 1 is 0.870 bits per heavy atom. The fourth-order valence-electron chi connectivity index (χ4n) is 3.41. The molecule has 1 amide bonds. The molecule has 120 valence electrons. The average molecular weight is 307 g/mol. The summed E-state index contributed by atoms with van der Waals surface area (Å²) >= 11 is 0. The molecule has 1 fully saturated rings. The van der Waals surface area contributed by atoms with Gasteiger partial charge in [-0.2, -0.15) is 0 Å². The maximum atomic E-state index is 12.2. The second-order valence-electron chi connectivity index (χ2n) is 6.56. The molecule has 3 rings (SSSR count). The van der Waals surface area contributed by atoms with E-state index < -0.39 is 0 Å². The maximum absolute atomic E-state index is 12.2. The summed E-state index contributed by atoms with van der Waals surface area (Å²) < 4.78 is 0. The van der Waals surface area contributed by atoms with E-state index in [2.05, 4.69) is 42.5 Å². The van der Waals surface area contributed by atoms with Gasteiger partial charge in [0.05, 0.1) is 0 Å². The Hall–Kier alpha value is -2.09. The van der Waals surface area contributed by atoms with E-state index in [0.29, 0.717) is 11.8 Å². The molecular weight excluding hydrogens is 282 g/mol. The highest BCUT2D eigenvalue weighted by molar-refractivity contribution is 5.78. The van der Waals surface area contributed by atoms with Crippen LogP contribution in [-0.2, 0) is 17.8 Å². The average Bonchev–Trinajstić information content (AvgIpc) is 2.93. The molecule has 2 nitrogen and oxygen atoms in total. The van der Waals surface area contributed by atoms with Gasteiger partial charge >= 0.3 is 0 Å². The van der Waals surface area contributed by atoms with E-state index in [-0.39, 0.29) is 0 Å². The summed E-state index contributed by atoms with van der Waals surface area (Å²) in [5.41, 5.74) is 2.64. The Balaban J connectivity index is 1.39. The van der Waals surface area contributed by atoms with Crippen LogP contribution in [-0.4, -0.2) is 17.4 Å². The minimum absolute atomic E-state index is 0.321. The summed E-state index contributed by atoms with van der Waals surface area (Å²) in [5, 5.41) is 0. The zero-order valence-electron chi connectivity index (χ0n) is 13.7. The fourth-order valence-corrected chi connectivity index (χ4v) is 3.41. The topological polar surface area (TPSA) is 20.3 Å². The van der Waals surface area contributed by atoms with E-state index in [4.69, 9.17) is 0 Å². The first-order chi connectivity index (χ1) is 11.3. The number of unbranched alkanes of at least 4 members (excludes halogenated alkanes) is 1. The van der Waals surface area contributed by atoms with Crippen LogP contribution in [0.1, 0.15) is 36.8 Å². The van der Waals surface area contributed by atoms with Gasteiger partial charge in [0.15, 0.2) is 0 Å². The van der Waals surface area contributed by atoms with Crippen LogP contribution in [0.3, 0.4) is 0 Å². The molecule has 0 bridgehead atoms. The molecule has 1 aliphatic rings. The fraction of sp³-hybridized carbons (Fsp3) is 0.381. The normalized spacial score (nSPS) is 17.7. The van der Waals surface area contributed by atoms with Crippen molar-refractivity contribution < 1.29 is 4.79 Å². The molecule has 0 saturated carbocycles. The van der Waals surface area contributed by atoms with Crippen LogP contribution in [0, 0.1) is 5.92 Å². The molecule has 1 aliphatic heterocycles. The van der Waals surface area contributed by atoms with Crippen molar-refractivity contribution in [3.63, 3.8) is 0 Å². The van der Waals surface area contributed by atoms with E-state index >= 15 is 0 Å². The van der Waals surface area contributed by atoms with Crippen molar-refractivity contribution in [2.45, 2.75) is 38.6 Å². The van der Waals surface area contributed by atoms with E-state index in [1.165, 1.54) is 30.4 Å². The Morgan fingerprint density at radius 3 is 2.22 bits per heavy atom. The van der Waals surface area contributed by atoms with Gasteiger partial charge in [-0.3, -0.25) is 4.79 Å². The summed E-state index contributed by atoms with van der Waals surface area (Å²) in [6.07, 6.45) is 5.48. The highest BCUT2D eigenvalue weighted by Crippen LogP contribution is 2.24. The third-order valence-electron chi connectivity index (χ3n) is 4.68. The van der Waals surface area contributed by atoms with Gasteiger partial charge in [-0.25, -0.2) is 0 Å². The lowest BCUT2D eigenvalue weighted by Crippen LogP contribution is -2.24. The minimum atomic E-state index is 0.321. The van der Waals surface area contributed by atoms with Crippen molar-refractivity contribution in [2.75, 3.05) is 6.54 Å². The number of benzene rings is 2. The van der Waals surface area contributed by atoms with Crippen molar-refractivity contribution >= 4 is 5.91 Å². The number of carbonyl (C=O) groups is 1. The van der Waals surface area contributed by atoms with Crippen molar-refractivity contribution in [2.24, 2.45) is 5.92 Å². The van der Waals surface area contributed by atoms with Gasteiger partial charge in [0.25, 0.3) is 0 Å². The lowest BCUT2D eigenvalue weighted by molar-refractivity contribution is -0.128. The van der Waals surface area contributed by atoms with Crippen LogP contribution in [0.4, 0.5) is 0 Å². The number of rotatable bonds is 7. The van der Waals surface area contributed by atoms with Gasteiger partial charge in [-0.15, -0.1) is 0 Å². The quantitative estimate of drug-likeness (QED) is 0.692. The maximum Gasteiger partial charge on any atom is 0.223 e. The predicted octanol–water partition coefficient (Wildman–Crippen LogP) is 4.45.